The molecule has 0 aromatic heterocycles. The molecule has 0 bridgehead atoms. The third kappa shape index (κ3) is 6.66. The fraction of sp³-hybridized carbons (Fsp3) is 0.0435. The Morgan fingerprint density at radius 1 is 0.906 bits per heavy atom. The average molecular weight is 468 g/mol. The van der Waals surface area contributed by atoms with Crippen LogP contribution >= 0.6 is 12.2 Å². The molecule has 7 nitrogen and oxygen atoms in total. The first kappa shape index (κ1) is 23.0. The summed E-state index contributed by atoms with van der Waals surface area (Å²) in [5, 5.41) is 5.48. The van der Waals surface area contributed by atoms with Crippen LogP contribution in [-0.2, 0) is 14.8 Å². The monoisotopic (exact) mass is 467 g/mol. The van der Waals surface area contributed by atoms with Gasteiger partial charge in [-0.25, -0.2) is 8.42 Å². The van der Waals surface area contributed by atoms with E-state index >= 15 is 0 Å². The van der Waals surface area contributed by atoms with Gasteiger partial charge < -0.3 is 10.1 Å². The zero-order chi connectivity index (χ0) is 23.0. The maximum atomic E-state index is 12.5. The van der Waals surface area contributed by atoms with Gasteiger partial charge >= 0.3 is 0 Å². The average Bonchev–Trinajstić information content (AvgIpc) is 2.78. The van der Waals surface area contributed by atoms with Crippen LogP contribution in [0.25, 0.3) is 6.08 Å². The molecule has 0 aliphatic heterocycles. The number of anilines is 2. The number of carbonyl (C=O) groups excluding carboxylic acids is 1. The Labute approximate surface area is 192 Å². The van der Waals surface area contributed by atoms with E-state index in [1.54, 1.807) is 67.8 Å². The summed E-state index contributed by atoms with van der Waals surface area (Å²) < 4.78 is 32.6. The Kier molecular flexibility index (Phi) is 7.58. The van der Waals surface area contributed by atoms with Crippen LogP contribution in [0.3, 0.4) is 0 Å². The molecule has 3 rings (SSSR count). The molecule has 0 heterocycles. The fourth-order valence-electron chi connectivity index (χ4n) is 2.64. The first-order chi connectivity index (χ1) is 15.4. The van der Waals surface area contributed by atoms with E-state index in [0.717, 1.165) is 11.3 Å². The second-order valence-corrected chi connectivity index (χ2v) is 8.64. The number of ether oxygens (including phenoxy) is 1. The third-order valence-electron chi connectivity index (χ3n) is 4.23. The van der Waals surface area contributed by atoms with E-state index < -0.39 is 15.9 Å². The smallest absolute Gasteiger partial charge is 0.261 e. The van der Waals surface area contributed by atoms with Crippen molar-refractivity contribution in [3.8, 4) is 5.75 Å². The van der Waals surface area contributed by atoms with Gasteiger partial charge in [0.1, 0.15) is 5.75 Å². The van der Waals surface area contributed by atoms with E-state index in [1.807, 2.05) is 12.1 Å². The summed E-state index contributed by atoms with van der Waals surface area (Å²) in [4.78, 5) is 12.2. The minimum absolute atomic E-state index is 0.0902. The van der Waals surface area contributed by atoms with E-state index in [0.29, 0.717) is 11.4 Å². The number of hydrogen-bond acceptors (Lipinski definition) is 5. The highest BCUT2D eigenvalue weighted by Gasteiger charge is 2.14. The lowest BCUT2D eigenvalue weighted by molar-refractivity contribution is -0.115. The van der Waals surface area contributed by atoms with Crippen molar-refractivity contribution in [2.45, 2.75) is 4.90 Å². The molecule has 0 saturated carbocycles. The lowest BCUT2D eigenvalue weighted by Crippen LogP contribution is -2.32. The Morgan fingerprint density at radius 2 is 1.56 bits per heavy atom. The molecule has 0 atom stereocenters. The van der Waals surface area contributed by atoms with Crippen LogP contribution in [0.2, 0.25) is 0 Å². The normalized spacial score (nSPS) is 11.0. The highest BCUT2D eigenvalue weighted by atomic mass is 32.2. The van der Waals surface area contributed by atoms with E-state index in [4.69, 9.17) is 17.0 Å². The topological polar surface area (TPSA) is 96.5 Å². The molecule has 164 valence electrons. The van der Waals surface area contributed by atoms with Gasteiger partial charge in [-0.3, -0.25) is 14.8 Å². The van der Waals surface area contributed by atoms with E-state index in [2.05, 4.69) is 15.4 Å². The molecular weight excluding hydrogens is 446 g/mol. The van der Waals surface area contributed by atoms with Crippen LogP contribution < -0.4 is 20.1 Å². The predicted molar refractivity (Wildman–Crippen MR) is 130 cm³/mol. The number of carbonyl (C=O) groups is 1. The van der Waals surface area contributed by atoms with Crippen molar-refractivity contribution in [2.24, 2.45) is 0 Å². The van der Waals surface area contributed by atoms with Gasteiger partial charge in [0.15, 0.2) is 5.11 Å². The van der Waals surface area contributed by atoms with E-state index in [9.17, 15) is 13.2 Å². The fourth-order valence-corrected chi connectivity index (χ4v) is 3.92. The van der Waals surface area contributed by atoms with Crippen LogP contribution in [0, 0.1) is 0 Å². The third-order valence-corrected chi connectivity index (χ3v) is 5.83. The first-order valence-electron chi connectivity index (χ1n) is 9.48. The van der Waals surface area contributed by atoms with Crippen molar-refractivity contribution in [1.29, 1.82) is 0 Å². The predicted octanol–water partition coefficient (Wildman–Crippen LogP) is 4.02. The molecular formula is C23H21N3O4S2. The molecule has 0 fully saturated rings. The number of rotatable bonds is 7. The molecule has 0 spiro atoms. The molecule has 3 aromatic rings. The van der Waals surface area contributed by atoms with Crippen molar-refractivity contribution in [2.75, 3.05) is 17.1 Å². The van der Waals surface area contributed by atoms with Gasteiger partial charge in [0.2, 0.25) is 5.91 Å². The molecule has 0 unspecified atom stereocenters. The van der Waals surface area contributed by atoms with Gasteiger partial charge in [-0.2, -0.15) is 0 Å². The molecule has 3 aromatic carbocycles. The van der Waals surface area contributed by atoms with Gasteiger partial charge in [-0.1, -0.05) is 30.3 Å². The van der Waals surface area contributed by atoms with Crippen molar-refractivity contribution < 1.29 is 17.9 Å². The number of sulfonamides is 1. The lowest BCUT2D eigenvalue weighted by Gasteiger charge is -2.10. The SMILES string of the molecule is COc1ccc(/C=C/C(=O)NC(=S)Nc2ccc(S(=O)(=O)Nc3ccccc3)cc2)cc1. The number of nitrogens with one attached hydrogen (secondary N) is 3. The number of amides is 1. The summed E-state index contributed by atoms with van der Waals surface area (Å²) in [7, 11) is -2.13. The van der Waals surface area contributed by atoms with Crippen LogP contribution in [0.15, 0.2) is 89.8 Å². The van der Waals surface area contributed by atoms with Gasteiger partial charge in [0, 0.05) is 17.5 Å². The molecule has 1 amide bonds. The van der Waals surface area contributed by atoms with Crippen LogP contribution in [0.1, 0.15) is 5.56 Å². The van der Waals surface area contributed by atoms with Crippen molar-refractivity contribution in [3.63, 3.8) is 0 Å². The molecule has 0 aliphatic carbocycles. The van der Waals surface area contributed by atoms with Crippen molar-refractivity contribution in [1.82, 2.24) is 5.32 Å². The Hall–Kier alpha value is -3.69. The Balaban J connectivity index is 1.54. The summed E-state index contributed by atoms with van der Waals surface area (Å²) in [5.74, 6) is 0.330. The molecule has 0 aliphatic rings. The minimum atomic E-state index is -3.71. The lowest BCUT2D eigenvalue weighted by atomic mass is 10.2. The summed E-state index contributed by atoms with van der Waals surface area (Å²) in [6, 6.07) is 21.9. The number of benzene rings is 3. The highest BCUT2D eigenvalue weighted by Crippen LogP contribution is 2.18. The van der Waals surface area contributed by atoms with Gasteiger partial charge in [-0.05, 0) is 72.4 Å². The summed E-state index contributed by atoms with van der Waals surface area (Å²) >= 11 is 5.14. The molecule has 0 saturated heterocycles. The number of methoxy groups -OCH3 is 1. The second-order valence-electron chi connectivity index (χ2n) is 6.55. The van der Waals surface area contributed by atoms with Gasteiger partial charge in [-0.15, -0.1) is 0 Å². The number of hydrogen-bond donors (Lipinski definition) is 3. The second kappa shape index (κ2) is 10.6. The van der Waals surface area contributed by atoms with Gasteiger partial charge in [0.25, 0.3) is 10.0 Å². The first-order valence-corrected chi connectivity index (χ1v) is 11.4. The van der Waals surface area contributed by atoms with E-state index in [1.165, 1.54) is 18.2 Å². The van der Waals surface area contributed by atoms with Crippen LogP contribution in [0.4, 0.5) is 11.4 Å². The summed E-state index contributed by atoms with van der Waals surface area (Å²) in [6.45, 7) is 0. The van der Waals surface area contributed by atoms with E-state index in [-0.39, 0.29) is 10.0 Å². The molecule has 9 heteroatoms. The molecule has 3 N–H and O–H groups in total. The maximum absolute atomic E-state index is 12.5. The zero-order valence-electron chi connectivity index (χ0n) is 17.1. The van der Waals surface area contributed by atoms with Crippen molar-refractivity contribution in [3.05, 3.63) is 90.5 Å². The van der Waals surface area contributed by atoms with Crippen LogP contribution in [-0.4, -0.2) is 26.5 Å². The number of para-hydroxylation sites is 1. The zero-order valence-corrected chi connectivity index (χ0v) is 18.7. The molecule has 0 radical (unpaired) electrons. The Bertz CT molecular complexity index is 1210. The maximum Gasteiger partial charge on any atom is 0.261 e. The standard InChI is InChI=1S/C23H21N3O4S2/c1-30-20-12-7-17(8-13-20)9-16-22(27)25-23(31)24-18-10-14-21(15-11-18)32(28,29)26-19-5-3-2-4-6-19/h2-16,26H,1H3,(H2,24,25,27,31)/b16-9+. The summed E-state index contributed by atoms with van der Waals surface area (Å²) in [6.07, 6.45) is 3.01. The molecule has 32 heavy (non-hydrogen) atoms. The van der Waals surface area contributed by atoms with Crippen molar-refractivity contribution >= 4 is 50.7 Å². The minimum Gasteiger partial charge on any atom is -0.497 e. The van der Waals surface area contributed by atoms with Gasteiger partial charge in [0.05, 0.1) is 12.0 Å². The number of thiocarbonyl (C=S) groups is 1. The highest BCUT2D eigenvalue weighted by molar-refractivity contribution is 7.92. The van der Waals surface area contributed by atoms with Crippen LogP contribution in [0.5, 0.6) is 5.75 Å². The quantitative estimate of drug-likeness (QED) is 0.359. The summed E-state index contributed by atoms with van der Waals surface area (Å²) in [5.41, 5.74) is 1.84. The largest absolute Gasteiger partial charge is 0.497 e. The Morgan fingerprint density at radius 3 is 2.19 bits per heavy atom.